The Morgan fingerprint density at radius 3 is 2.74 bits per heavy atom. The van der Waals surface area contributed by atoms with E-state index in [0.29, 0.717) is 5.25 Å². The molecule has 2 aliphatic rings. The largest absolute Gasteiger partial charge is 0.174 e. The predicted molar refractivity (Wildman–Crippen MR) is 80.0 cm³/mol. The summed E-state index contributed by atoms with van der Waals surface area (Å²) in [5.74, 6) is 0.735. The lowest BCUT2D eigenvalue weighted by molar-refractivity contribution is 0.701. The van der Waals surface area contributed by atoms with Gasteiger partial charge in [0.15, 0.2) is 4.34 Å². The molecule has 2 aliphatic carbocycles. The number of aromatic nitrogens is 2. The van der Waals surface area contributed by atoms with Crippen molar-refractivity contribution >= 4 is 23.1 Å². The highest BCUT2D eigenvalue weighted by Gasteiger charge is 2.28. The van der Waals surface area contributed by atoms with Crippen LogP contribution in [0.5, 0.6) is 0 Å². The van der Waals surface area contributed by atoms with E-state index in [2.05, 4.69) is 34.5 Å². The third-order valence-corrected chi connectivity index (χ3v) is 6.36. The molecule has 1 saturated carbocycles. The van der Waals surface area contributed by atoms with Gasteiger partial charge in [-0.1, -0.05) is 47.4 Å². The Bertz CT molecular complexity index is 589. The Balaban J connectivity index is 1.46. The van der Waals surface area contributed by atoms with Crippen LogP contribution in [0.25, 0.3) is 0 Å². The fraction of sp³-hybridized carbons (Fsp3) is 0.467. The van der Waals surface area contributed by atoms with Crippen molar-refractivity contribution in [2.75, 3.05) is 0 Å². The number of benzene rings is 1. The van der Waals surface area contributed by atoms with E-state index >= 15 is 0 Å². The lowest BCUT2D eigenvalue weighted by atomic mass is 9.92. The van der Waals surface area contributed by atoms with E-state index in [9.17, 15) is 0 Å². The topological polar surface area (TPSA) is 25.8 Å². The molecule has 2 aromatic rings. The Morgan fingerprint density at radius 2 is 1.89 bits per heavy atom. The summed E-state index contributed by atoms with van der Waals surface area (Å²) in [5, 5.41) is 10.6. The molecule has 0 saturated heterocycles. The molecule has 1 atom stereocenters. The van der Waals surface area contributed by atoms with Gasteiger partial charge < -0.3 is 0 Å². The SMILES string of the molecule is c1ccc2c(c1)CC[C@@H](Sc1nnc(C3CC3)s1)C2. The molecule has 0 bridgehead atoms. The molecule has 0 aliphatic heterocycles. The van der Waals surface area contributed by atoms with Crippen molar-refractivity contribution in [3.63, 3.8) is 0 Å². The molecule has 2 nitrogen and oxygen atoms in total. The lowest BCUT2D eigenvalue weighted by Gasteiger charge is -2.22. The second-order valence-electron chi connectivity index (χ2n) is 5.43. The van der Waals surface area contributed by atoms with Gasteiger partial charge in [0.25, 0.3) is 0 Å². The molecule has 0 amide bonds. The average Bonchev–Trinajstić information content (AvgIpc) is 3.20. The van der Waals surface area contributed by atoms with Crippen LogP contribution in [0.3, 0.4) is 0 Å². The Morgan fingerprint density at radius 1 is 1.05 bits per heavy atom. The minimum Gasteiger partial charge on any atom is -0.142 e. The number of hydrogen-bond acceptors (Lipinski definition) is 4. The van der Waals surface area contributed by atoms with Crippen LogP contribution in [0.4, 0.5) is 0 Å². The van der Waals surface area contributed by atoms with Gasteiger partial charge in [0.1, 0.15) is 5.01 Å². The number of nitrogens with zero attached hydrogens (tertiary/aromatic N) is 2. The summed E-state index contributed by atoms with van der Waals surface area (Å²) in [6.07, 6.45) is 6.29. The number of hydrogen-bond donors (Lipinski definition) is 0. The molecule has 1 aromatic carbocycles. The summed E-state index contributed by atoms with van der Waals surface area (Å²) in [6.45, 7) is 0. The highest BCUT2D eigenvalue weighted by Crippen LogP contribution is 2.43. The molecule has 19 heavy (non-hydrogen) atoms. The highest BCUT2D eigenvalue weighted by atomic mass is 32.2. The van der Waals surface area contributed by atoms with Gasteiger partial charge >= 0.3 is 0 Å². The quantitative estimate of drug-likeness (QED) is 0.851. The van der Waals surface area contributed by atoms with Crippen LogP contribution in [0.1, 0.15) is 41.3 Å². The fourth-order valence-corrected chi connectivity index (χ4v) is 5.14. The maximum absolute atomic E-state index is 4.36. The molecular weight excluding hydrogens is 272 g/mol. The summed E-state index contributed by atoms with van der Waals surface area (Å²) in [6, 6.07) is 8.85. The second-order valence-corrected chi connectivity index (χ2v) is 7.99. The summed E-state index contributed by atoms with van der Waals surface area (Å²) < 4.78 is 1.17. The predicted octanol–water partition coefficient (Wildman–Crippen LogP) is 4.07. The van der Waals surface area contributed by atoms with Gasteiger partial charge in [-0.15, -0.1) is 10.2 Å². The van der Waals surface area contributed by atoms with E-state index in [4.69, 9.17) is 0 Å². The van der Waals surface area contributed by atoms with Crippen LogP contribution in [0.2, 0.25) is 0 Å². The Kier molecular flexibility index (Phi) is 3.08. The second kappa shape index (κ2) is 4.91. The van der Waals surface area contributed by atoms with Crippen molar-refractivity contribution in [1.82, 2.24) is 10.2 Å². The van der Waals surface area contributed by atoms with E-state index in [1.54, 1.807) is 0 Å². The van der Waals surface area contributed by atoms with Gasteiger partial charge in [0, 0.05) is 11.2 Å². The van der Waals surface area contributed by atoms with Gasteiger partial charge in [0.05, 0.1) is 0 Å². The first-order valence-electron chi connectivity index (χ1n) is 6.95. The van der Waals surface area contributed by atoms with E-state index in [0.717, 1.165) is 5.92 Å². The molecule has 1 aromatic heterocycles. The number of thioether (sulfide) groups is 1. The zero-order valence-corrected chi connectivity index (χ0v) is 12.3. The standard InChI is InChI=1S/C15H16N2S2/c1-2-4-12-9-13(8-7-10(12)3-1)18-15-17-16-14(19-15)11-5-6-11/h1-4,11,13H,5-9H2/t13-/m1/s1. The molecule has 0 unspecified atom stereocenters. The molecule has 0 spiro atoms. The first-order chi connectivity index (χ1) is 9.38. The van der Waals surface area contributed by atoms with E-state index in [1.165, 1.54) is 52.6 Å². The van der Waals surface area contributed by atoms with Crippen LogP contribution in [0, 0.1) is 0 Å². The normalized spacial score (nSPS) is 22.2. The molecule has 98 valence electrons. The summed E-state index contributed by atoms with van der Waals surface area (Å²) in [4.78, 5) is 0. The third kappa shape index (κ3) is 2.56. The number of aryl methyl sites for hydroxylation is 1. The first kappa shape index (κ1) is 11.9. The smallest absolute Gasteiger partial charge is 0.142 e. The fourth-order valence-electron chi connectivity index (χ4n) is 2.67. The van der Waals surface area contributed by atoms with Crippen LogP contribution >= 0.6 is 23.1 Å². The van der Waals surface area contributed by atoms with Gasteiger partial charge in [-0.05, 0) is 43.2 Å². The molecule has 4 rings (SSSR count). The average molecular weight is 288 g/mol. The molecular formula is C15H16N2S2. The third-order valence-electron chi connectivity index (χ3n) is 3.92. The zero-order valence-electron chi connectivity index (χ0n) is 10.7. The van der Waals surface area contributed by atoms with Crippen LogP contribution in [-0.4, -0.2) is 15.4 Å². The minimum absolute atomic E-state index is 0.676. The zero-order chi connectivity index (χ0) is 12.7. The van der Waals surface area contributed by atoms with Gasteiger partial charge in [-0.2, -0.15) is 0 Å². The van der Waals surface area contributed by atoms with Gasteiger partial charge in [0.2, 0.25) is 0 Å². The molecule has 0 radical (unpaired) electrons. The van der Waals surface area contributed by atoms with E-state index in [-0.39, 0.29) is 0 Å². The Labute approximate surface area is 121 Å². The summed E-state index contributed by atoms with van der Waals surface area (Å²) >= 11 is 3.76. The minimum atomic E-state index is 0.676. The molecule has 1 fully saturated rings. The van der Waals surface area contributed by atoms with Crippen molar-refractivity contribution in [1.29, 1.82) is 0 Å². The lowest BCUT2D eigenvalue weighted by Crippen LogP contribution is -2.15. The van der Waals surface area contributed by atoms with E-state index in [1.807, 2.05) is 23.1 Å². The van der Waals surface area contributed by atoms with Crippen molar-refractivity contribution in [3.05, 3.63) is 40.4 Å². The van der Waals surface area contributed by atoms with Crippen molar-refractivity contribution in [2.24, 2.45) is 0 Å². The highest BCUT2D eigenvalue weighted by molar-refractivity contribution is 8.01. The van der Waals surface area contributed by atoms with Crippen molar-refractivity contribution < 1.29 is 0 Å². The van der Waals surface area contributed by atoms with Crippen LogP contribution in [-0.2, 0) is 12.8 Å². The molecule has 1 heterocycles. The van der Waals surface area contributed by atoms with Gasteiger partial charge in [-0.25, -0.2) is 0 Å². The summed E-state index contributed by atoms with van der Waals surface area (Å²) in [5.41, 5.74) is 3.06. The van der Waals surface area contributed by atoms with Crippen molar-refractivity contribution in [2.45, 2.75) is 47.6 Å². The maximum Gasteiger partial charge on any atom is 0.174 e. The van der Waals surface area contributed by atoms with Crippen molar-refractivity contribution in [3.8, 4) is 0 Å². The van der Waals surface area contributed by atoms with Crippen LogP contribution < -0.4 is 0 Å². The summed E-state index contributed by atoms with van der Waals surface area (Å²) in [7, 11) is 0. The maximum atomic E-state index is 4.36. The first-order valence-corrected chi connectivity index (χ1v) is 8.65. The monoisotopic (exact) mass is 288 g/mol. The van der Waals surface area contributed by atoms with E-state index < -0.39 is 0 Å². The Hall–Kier alpha value is -0.870. The number of fused-ring (bicyclic) bond motifs is 1. The number of rotatable bonds is 3. The molecule has 4 heteroatoms. The van der Waals surface area contributed by atoms with Gasteiger partial charge in [-0.3, -0.25) is 0 Å². The molecule has 0 N–H and O–H groups in total. The van der Waals surface area contributed by atoms with Crippen LogP contribution in [0.15, 0.2) is 28.6 Å².